The third-order valence-electron chi connectivity index (χ3n) is 6.30. The summed E-state index contributed by atoms with van der Waals surface area (Å²) in [4.78, 5) is 28.7. The van der Waals surface area contributed by atoms with Crippen LogP contribution in [0.3, 0.4) is 0 Å². The number of halogens is 2. The van der Waals surface area contributed by atoms with Crippen molar-refractivity contribution < 1.29 is 27.8 Å². The minimum atomic E-state index is -0.779. The standard InChI is InChI=1S/C24H23F2N5O4/c1-34-17-5-2-15(3-6-17)21-13-31-20(14-35-21)22(27-28-31)24(33)30-10-8-29(9-11-30)23(32)18-12-16(25)4-7-19(18)26/h2-7,12,21H,8-11,13-14H2,1H3. The number of methoxy groups -OCH3 is 1. The van der Waals surface area contributed by atoms with Crippen LogP contribution in [0.2, 0.25) is 0 Å². The first-order chi connectivity index (χ1) is 16.9. The number of fused-ring (bicyclic) bond motifs is 1. The average molecular weight is 483 g/mol. The van der Waals surface area contributed by atoms with Crippen LogP contribution in [0, 0.1) is 11.6 Å². The van der Waals surface area contributed by atoms with E-state index in [4.69, 9.17) is 9.47 Å². The Labute approximate surface area is 199 Å². The molecular formula is C24H23F2N5O4. The molecule has 0 saturated carbocycles. The molecule has 1 fully saturated rings. The molecule has 1 aromatic heterocycles. The van der Waals surface area contributed by atoms with Crippen LogP contribution in [-0.2, 0) is 17.9 Å². The molecule has 3 aromatic rings. The van der Waals surface area contributed by atoms with E-state index in [0.717, 1.165) is 29.5 Å². The highest BCUT2D eigenvalue weighted by Crippen LogP contribution is 2.28. The number of hydrogen-bond acceptors (Lipinski definition) is 6. The molecule has 1 saturated heterocycles. The number of nitrogens with zero attached hydrogens (tertiary/aromatic N) is 5. The van der Waals surface area contributed by atoms with Crippen molar-refractivity contribution >= 4 is 11.8 Å². The summed E-state index contributed by atoms with van der Waals surface area (Å²) in [5, 5.41) is 8.26. The molecule has 0 bridgehead atoms. The van der Waals surface area contributed by atoms with Gasteiger partial charge in [-0.25, -0.2) is 13.5 Å². The smallest absolute Gasteiger partial charge is 0.276 e. The number of carbonyl (C=O) groups is 2. The number of ether oxygens (including phenoxy) is 2. The van der Waals surface area contributed by atoms with Gasteiger partial charge in [-0.05, 0) is 35.9 Å². The van der Waals surface area contributed by atoms with E-state index in [1.165, 1.54) is 4.90 Å². The van der Waals surface area contributed by atoms with Gasteiger partial charge in [0.1, 0.15) is 23.5 Å². The molecule has 9 nitrogen and oxygen atoms in total. The van der Waals surface area contributed by atoms with E-state index in [0.29, 0.717) is 12.2 Å². The Hall–Kier alpha value is -3.86. The third-order valence-corrected chi connectivity index (χ3v) is 6.30. The number of amides is 2. The van der Waals surface area contributed by atoms with Crippen molar-refractivity contribution in [2.45, 2.75) is 19.3 Å². The van der Waals surface area contributed by atoms with Crippen molar-refractivity contribution in [1.29, 1.82) is 0 Å². The quantitative estimate of drug-likeness (QED) is 0.566. The van der Waals surface area contributed by atoms with Gasteiger partial charge >= 0.3 is 0 Å². The number of hydrogen-bond donors (Lipinski definition) is 0. The average Bonchev–Trinajstić information content (AvgIpc) is 3.32. The molecule has 2 amide bonds. The topological polar surface area (TPSA) is 89.8 Å². The van der Waals surface area contributed by atoms with Crippen LogP contribution in [0.5, 0.6) is 5.75 Å². The van der Waals surface area contributed by atoms with E-state index in [9.17, 15) is 18.4 Å². The van der Waals surface area contributed by atoms with Crippen molar-refractivity contribution in [3.63, 3.8) is 0 Å². The van der Waals surface area contributed by atoms with Crippen LogP contribution in [0.1, 0.15) is 38.2 Å². The highest BCUT2D eigenvalue weighted by atomic mass is 19.1. The van der Waals surface area contributed by atoms with Gasteiger partial charge in [-0.15, -0.1) is 5.10 Å². The fourth-order valence-corrected chi connectivity index (χ4v) is 4.29. The normalized spacial score (nSPS) is 17.7. The molecule has 0 aliphatic carbocycles. The number of benzene rings is 2. The van der Waals surface area contributed by atoms with E-state index >= 15 is 0 Å². The summed E-state index contributed by atoms with van der Waals surface area (Å²) in [5.74, 6) is -1.62. The first-order valence-electron chi connectivity index (χ1n) is 11.2. The molecule has 0 N–H and O–H groups in total. The Morgan fingerprint density at radius 2 is 1.69 bits per heavy atom. The maximum Gasteiger partial charge on any atom is 0.276 e. The van der Waals surface area contributed by atoms with Gasteiger partial charge in [0.25, 0.3) is 11.8 Å². The van der Waals surface area contributed by atoms with Gasteiger partial charge in [-0.3, -0.25) is 9.59 Å². The van der Waals surface area contributed by atoms with Gasteiger partial charge in [0.15, 0.2) is 5.69 Å². The highest BCUT2D eigenvalue weighted by molar-refractivity contribution is 5.95. The van der Waals surface area contributed by atoms with Crippen LogP contribution in [-0.4, -0.2) is 69.9 Å². The monoisotopic (exact) mass is 483 g/mol. The van der Waals surface area contributed by atoms with E-state index in [2.05, 4.69) is 10.3 Å². The minimum absolute atomic E-state index is 0.183. The van der Waals surface area contributed by atoms with Crippen molar-refractivity contribution in [2.24, 2.45) is 0 Å². The summed E-state index contributed by atoms with van der Waals surface area (Å²) in [6.45, 7) is 1.47. The fraction of sp³-hybridized carbons (Fsp3) is 0.333. The maximum atomic E-state index is 14.0. The van der Waals surface area contributed by atoms with E-state index < -0.39 is 17.5 Å². The molecule has 0 radical (unpaired) electrons. The molecule has 2 aliphatic rings. The van der Waals surface area contributed by atoms with Crippen LogP contribution in [0.4, 0.5) is 8.78 Å². The van der Waals surface area contributed by atoms with Crippen LogP contribution in [0.25, 0.3) is 0 Å². The van der Waals surface area contributed by atoms with Crippen molar-refractivity contribution in [2.75, 3.05) is 33.3 Å². The van der Waals surface area contributed by atoms with Gasteiger partial charge in [0.05, 0.1) is 31.5 Å². The van der Waals surface area contributed by atoms with Gasteiger partial charge < -0.3 is 19.3 Å². The summed E-state index contributed by atoms with van der Waals surface area (Å²) in [6.07, 6.45) is -0.226. The highest BCUT2D eigenvalue weighted by Gasteiger charge is 2.32. The molecule has 1 unspecified atom stereocenters. The van der Waals surface area contributed by atoms with Crippen molar-refractivity contribution in [3.8, 4) is 5.75 Å². The molecule has 0 spiro atoms. The lowest BCUT2D eigenvalue weighted by Crippen LogP contribution is -2.51. The van der Waals surface area contributed by atoms with Gasteiger partial charge in [0.2, 0.25) is 0 Å². The Balaban J connectivity index is 1.23. The summed E-state index contributed by atoms with van der Waals surface area (Å²) in [5.41, 5.74) is 1.46. The zero-order valence-electron chi connectivity index (χ0n) is 19.0. The zero-order valence-corrected chi connectivity index (χ0v) is 19.0. The van der Waals surface area contributed by atoms with Gasteiger partial charge in [-0.2, -0.15) is 0 Å². The van der Waals surface area contributed by atoms with Crippen LogP contribution >= 0.6 is 0 Å². The Morgan fingerprint density at radius 1 is 1.00 bits per heavy atom. The van der Waals surface area contributed by atoms with Crippen molar-refractivity contribution in [3.05, 3.63) is 76.6 Å². The van der Waals surface area contributed by atoms with E-state index in [-0.39, 0.29) is 56.1 Å². The molecule has 3 heterocycles. The fourth-order valence-electron chi connectivity index (χ4n) is 4.29. The predicted octanol–water partition coefficient (Wildman–Crippen LogP) is 2.43. The Morgan fingerprint density at radius 3 is 2.37 bits per heavy atom. The zero-order chi connectivity index (χ0) is 24.5. The predicted molar refractivity (Wildman–Crippen MR) is 119 cm³/mol. The molecule has 182 valence electrons. The Kier molecular flexibility index (Phi) is 6.16. The maximum absolute atomic E-state index is 14.0. The molecule has 2 aliphatic heterocycles. The minimum Gasteiger partial charge on any atom is -0.497 e. The molecule has 1 atom stereocenters. The van der Waals surface area contributed by atoms with Crippen LogP contribution < -0.4 is 4.74 Å². The number of piperazine rings is 1. The molecule has 2 aromatic carbocycles. The van der Waals surface area contributed by atoms with Gasteiger partial charge in [-0.1, -0.05) is 17.3 Å². The van der Waals surface area contributed by atoms with E-state index in [1.807, 2.05) is 24.3 Å². The second-order valence-electron chi connectivity index (χ2n) is 8.35. The second kappa shape index (κ2) is 9.41. The summed E-state index contributed by atoms with van der Waals surface area (Å²) in [7, 11) is 1.61. The largest absolute Gasteiger partial charge is 0.497 e. The lowest BCUT2D eigenvalue weighted by Gasteiger charge is -2.34. The van der Waals surface area contributed by atoms with Crippen molar-refractivity contribution in [1.82, 2.24) is 24.8 Å². The lowest BCUT2D eigenvalue weighted by molar-refractivity contribution is -0.00204. The molecule has 35 heavy (non-hydrogen) atoms. The number of carbonyl (C=O) groups excluding carboxylic acids is 2. The second-order valence-corrected chi connectivity index (χ2v) is 8.35. The molecule has 5 rings (SSSR count). The third kappa shape index (κ3) is 4.46. The summed E-state index contributed by atoms with van der Waals surface area (Å²) in [6, 6.07) is 10.3. The Bertz CT molecular complexity index is 1260. The number of rotatable bonds is 4. The SMILES string of the molecule is COc1ccc(C2Cn3nnc(C(=O)N4CCN(C(=O)c5cc(F)ccc5F)CC4)c3CO2)cc1. The molecule has 11 heteroatoms. The van der Waals surface area contributed by atoms with Crippen LogP contribution in [0.15, 0.2) is 42.5 Å². The summed E-state index contributed by atoms with van der Waals surface area (Å²) >= 11 is 0. The van der Waals surface area contributed by atoms with E-state index in [1.54, 1.807) is 16.7 Å². The first kappa shape index (κ1) is 22.9. The lowest BCUT2D eigenvalue weighted by atomic mass is 10.1. The number of aromatic nitrogens is 3. The molecular weight excluding hydrogens is 460 g/mol. The van der Waals surface area contributed by atoms with Gasteiger partial charge in [0, 0.05) is 26.2 Å². The summed E-state index contributed by atoms with van der Waals surface area (Å²) < 4.78 is 40.3. The first-order valence-corrected chi connectivity index (χ1v) is 11.2.